The molecule has 0 aliphatic rings. The minimum absolute atomic E-state index is 0.0498. The molecule has 1 aromatic heterocycles. The molecule has 0 atom stereocenters. The van der Waals surface area contributed by atoms with E-state index in [2.05, 4.69) is 4.72 Å². The summed E-state index contributed by atoms with van der Waals surface area (Å²) in [6, 6.07) is 7.01. The van der Waals surface area contributed by atoms with E-state index in [1.54, 1.807) is 11.4 Å². The number of anilines is 1. The van der Waals surface area contributed by atoms with Gasteiger partial charge in [0.15, 0.2) is 0 Å². The highest BCUT2D eigenvalue weighted by Gasteiger charge is 2.24. The van der Waals surface area contributed by atoms with E-state index in [4.69, 9.17) is 9.88 Å². The number of methoxy groups -OCH3 is 1. The Morgan fingerprint density at radius 1 is 1.14 bits per heavy atom. The Labute approximate surface area is 126 Å². The third-order valence-electron chi connectivity index (χ3n) is 2.51. The number of primary sulfonamides is 1. The standard InChI is InChI=1S/C11H12N2O5S3/c1-18-8-4-2-5-9(20(12,14)15)11(8)13-21(16,17)10-6-3-7-19-10/h2-7,13H,1H3,(H2,12,14,15). The van der Waals surface area contributed by atoms with Crippen LogP contribution in [0.4, 0.5) is 5.69 Å². The molecule has 2 rings (SSSR count). The highest BCUT2D eigenvalue weighted by molar-refractivity contribution is 7.94. The number of para-hydroxylation sites is 1. The molecule has 0 radical (unpaired) electrons. The summed E-state index contributed by atoms with van der Waals surface area (Å²) >= 11 is 1.00. The lowest BCUT2D eigenvalue weighted by Gasteiger charge is -2.14. The number of nitrogens with one attached hydrogen (secondary N) is 1. The fourth-order valence-corrected chi connectivity index (χ4v) is 4.47. The Morgan fingerprint density at radius 2 is 1.86 bits per heavy atom. The predicted molar refractivity (Wildman–Crippen MR) is 79.5 cm³/mol. The maximum absolute atomic E-state index is 12.2. The van der Waals surface area contributed by atoms with Crippen molar-refractivity contribution in [1.29, 1.82) is 0 Å². The first-order valence-corrected chi connectivity index (χ1v) is 9.43. The minimum atomic E-state index is -4.11. The number of sulfonamides is 2. The summed E-state index contributed by atoms with van der Waals surface area (Å²) in [5.74, 6) is 0.0571. The molecule has 0 amide bonds. The summed E-state index contributed by atoms with van der Waals surface area (Å²) in [5, 5.41) is 6.70. The second kappa shape index (κ2) is 5.64. The van der Waals surface area contributed by atoms with Gasteiger partial charge in [-0.15, -0.1) is 11.3 Å². The van der Waals surface area contributed by atoms with E-state index in [1.807, 2.05) is 0 Å². The van der Waals surface area contributed by atoms with Crippen molar-refractivity contribution < 1.29 is 21.6 Å². The number of benzene rings is 1. The molecule has 21 heavy (non-hydrogen) atoms. The quantitative estimate of drug-likeness (QED) is 0.842. The van der Waals surface area contributed by atoms with Crippen molar-refractivity contribution in [3.05, 3.63) is 35.7 Å². The molecule has 3 N–H and O–H groups in total. The van der Waals surface area contributed by atoms with Crippen molar-refractivity contribution >= 4 is 37.1 Å². The summed E-state index contributed by atoms with van der Waals surface area (Å²) in [6.45, 7) is 0. The van der Waals surface area contributed by atoms with E-state index in [1.165, 1.54) is 31.4 Å². The number of nitrogens with two attached hydrogens (primary N) is 1. The van der Waals surface area contributed by atoms with Gasteiger partial charge in [0.2, 0.25) is 10.0 Å². The monoisotopic (exact) mass is 348 g/mol. The van der Waals surface area contributed by atoms with Crippen molar-refractivity contribution in [3.8, 4) is 5.75 Å². The molecule has 7 nitrogen and oxygen atoms in total. The van der Waals surface area contributed by atoms with Crippen molar-refractivity contribution in [2.45, 2.75) is 9.10 Å². The molecule has 0 saturated carbocycles. The summed E-state index contributed by atoms with van der Waals surface area (Å²) < 4.78 is 54.9. The zero-order valence-corrected chi connectivity index (χ0v) is 13.3. The predicted octanol–water partition coefficient (Wildman–Crippen LogP) is 1.20. The maximum Gasteiger partial charge on any atom is 0.271 e. The molecule has 0 aliphatic carbocycles. The van der Waals surface area contributed by atoms with E-state index in [-0.39, 0.29) is 20.5 Å². The van der Waals surface area contributed by atoms with Gasteiger partial charge in [0.25, 0.3) is 10.0 Å². The molecule has 2 aromatic rings. The highest BCUT2D eigenvalue weighted by atomic mass is 32.2. The molecule has 0 bridgehead atoms. The molecule has 0 unspecified atom stereocenters. The van der Waals surface area contributed by atoms with Crippen LogP contribution < -0.4 is 14.6 Å². The Balaban J connectivity index is 2.59. The van der Waals surface area contributed by atoms with Gasteiger partial charge >= 0.3 is 0 Å². The second-order valence-corrected chi connectivity index (χ2v) is 8.30. The number of hydrogen-bond donors (Lipinski definition) is 2. The third kappa shape index (κ3) is 3.35. The summed E-state index contributed by atoms with van der Waals surface area (Å²) in [4.78, 5) is -0.359. The lowest BCUT2D eigenvalue weighted by molar-refractivity contribution is 0.415. The zero-order chi connectivity index (χ0) is 15.7. The smallest absolute Gasteiger partial charge is 0.271 e. The van der Waals surface area contributed by atoms with Gasteiger partial charge in [0.1, 0.15) is 20.5 Å². The van der Waals surface area contributed by atoms with Crippen LogP contribution in [0.25, 0.3) is 0 Å². The number of hydrogen-bond acceptors (Lipinski definition) is 6. The Bertz CT molecular complexity index is 842. The van der Waals surface area contributed by atoms with Crippen molar-refractivity contribution in [2.75, 3.05) is 11.8 Å². The van der Waals surface area contributed by atoms with E-state index < -0.39 is 20.0 Å². The van der Waals surface area contributed by atoms with Gasteiger partial charge in [0, 0.05) is 0 Å². The average Bonchev–Trinajstić information content (AvgIpc) is 2.91. The largest absolute Gasteiger partial charge is 0.495 e. The van der Waals surface area contributed by atoms with E-state index in [0.717, 1.165) is 11.3 Å². The van der Waals surface area contributed by atoms with Crippen LogP contribution in [0, 0.1) is 0 Å². The molecule has 1 aromatic carbocycles. The van der Waals surface area contributed by atoms with Gasteiger partial charge in [-0.3, -0.25) is 4.72 Å². The van der Waals surface area contributed by atoms with Gasteiger partial charge in [-0.1, -0.05) is 12.1 Å². The van der Waals surface area contributed by atoms with Crippen LogP contribution in [-0.4, -0.2) is 23.9 Å². The topological polar surface area (TPSA) is 116 Å². The van der Waals surface area contributed by atoms with Gasteiger partial charge in [-0.25, -0.2) is 22.0 Å². The Hall–Kier alpha value is -1.62. The third-order valence-corrected chi connectivity index (χ3v) is 6.21. The summed E-state index contributed by atoms with van der Waals surface area (Å²) in [7, 11) is -6.73. The zero-order valence-electron chi connectivity index (χ0n) is 10.8. The van der Waals surface area contributed by atoms with E-state index in [9.17, 15) is 16.8 Å². The Kier molecular flexibility index (Phi) is 4.23. The van der Waals surface area contributed by atoms with Crippen LogP contribution in [0.5, 0.6) is 5.75 Å². The summed E-state index contributed by atoms with van der Waals surface area (Å²) in [6.07, 6.45) is 0. The molecule has 0 fully saturated rings. The van der Waals surface area contributed by atoms with Crippen LogP contribution in [0.15, 0.2) is 44.8 Å². The number of ether oxygens (including phenoxy) is 1. The molecular weight excluding hydrogens is 336 g/mol. The van der Waals surface area contributed by atoms with Crippen LogP contribution in [0.1, 0.15) is 0 Å². The minimum Gasteiger partial charge on any atom is -0.495 e. The van der Waals surface area contributed by atoms with Gasteiger partial charge in [-0.2, -0.15) is 0 Å². The van der Waals surface area contributed by atoms with E-state index in [0.29, 0.717) is 0 Å². The lowest BCUT2D eigenvalue weighted by Crippen LogP contribution is -2.19. The maximum atomic E-state index is 12.2. The highest BCUT2D eigenvalue weighted by Crippen LogP contribution is 2.33. The SMILES string of the molecule is COc1cccc(S(N)(=O)=O)c1NS(=O)(=O)c1cccs1. The normalized spacial score (nSPS) is 12.1. The van der Waals surface area contributed by atoms with Gasteiger partial charge < -0.3 is 4.74 Å². The molecule has 0 aliphatic heterocycles. The van der Waals surface area contributed by atoms with Crippen molar-refractivity contribution in [1.82, 2.24) is 0 Å². The van der Waals surface area contributed by atoms with Crippen molar-refractivity contribution in [2.24, 2.45) is 5.14 Å². The van der Waals surface area contributed by atoms with Crippen LogP contribution >= 0.6 is 11.3 Å². The number of rotatable bonds is 5. The van der Waals surface area contributed by atoms with Gasteiger partial charge in [-0.05, 0) is 23.6 Å². The molecule has 0 saturated heterocycles. The molecule has 10 heteroatoms. The lowest BCUT2D eigenvalue weighted by atomic mass is 10.3. The molecule has 114 valence electrons. The van der Waals surface area contributed by atoms with Crippen LogP contribution in [0.2, 0.25) is 0 Å². The molecule has 0 spiro atoms. The fourth-order valence-electron chi connectivity index (χ4n) is 1.62. The van der Waals surface area contributed by atoms with Crippen LogP contribution in [-0.2, 0) is 20.0 Å². The summed E-state index contributed by atoms with van der Waals surface area (Å²) in [5.41, 5.74) is -0.212. The first-order valence-electron chi connectivity index (χ1n) is 5.52. The molecular formula is C11H12N2O5S3. The van der Waals surface area contributed by atoms with Crippen molar-refractivity contribution in [3.63, 3.8) is 0 Å². The second-order valence-electron chi connectivity index (χ2n) is 3.92. The first-order chi connectivity index (χ1) is 9.75. The van der Waals surface area contributed by atoms with Gasteiger partial charge in [0.05, 0.1) is 7.11 Å². The first kappa shape index (κ1) is 15.8. The average molecular weight is 348 g/mol. The molecule has 1 heterocycles. The van der Waals surface area contributed by atoms with Crippen LogP contribution in [0.3, 0.4) is 0 Å². The van der Waals surface area contributed by atoms with E-state index >= 15 is 0 Å². The Morgan fingerprint density at radius 3 is 2.38 bits per heavy atom. The fraction of sp³-hybridized carbons (Fsp3) is 0.0909. The number of thiophene rings is 1.